The van der Waals surface area contributed by atoms with Crippen LogP contribution >= 0.6 is 11.6 Å². The third-order valence-corrected chi connectivity index (χ3v) is 3.21. The van der Waals surface area contributed by atoms with Crippen LogP contribution in [0.5, 0.6) is 0 Å². The van der Waals surface area contributed by atoms with Crippen LogP contribution in [0.25, 0.3) is 5.57 Å². The number of hydrogen-bond donors (Lipinski definition) is 2. The Bertz CT molecular complexity index is 581. The first-order valence-corrected chi connectivity index (χ1v) is 6.73. The molecule has 1 aliphatic heterocycles. The van der Waals surface area contributed by atoms with E-state index in [1.54, 1.807) is 19.2 Å². The molecule has 20 heavy (non-hydrogen) atoms. The fourth-order valence-electron chi connectivity index (χ4n) is 2.01. The Morgan fingerprint density at radius 3 is 2.90 bits per heavy atom. The van der Waals surface area contributed by atoms with Crippen molar-refractivity contribution in [3.63, 3.8) is 0 Å². The van der Waals surface area contributed by atoms with Crippen LogP contribution in [0.15, 0.2) is 23.3 Å². The van der Waals surface area contributed by atoms with Crippen LogP contribution in [-0.2, 0) is 4.74 Å². The number of nitrogens with one attached hydrogen (secondary N) is 2. The number of nitrogens with zero attached hydrogens (tertiary/aromatic N) is 2. The molecule has 1 aromatic rings. The first-order valence-electron chi connectivity index (χ1n) is 6.35. The lowest BCUT2D eigenvalue weighted by Crippen LogP contribution is -2.20. The first kappa shape index (κ1) is 14.7. The number of amidine groups is 1. The van der Waals surface area contributed by atoms with Gasteiger partial charge in [0.15, 0.2) is 0 Å². The summed E-state index contributed by atoms with van der Waals surface area (Å²) >= 11 is 6.31. The lowest BCUT2D eigenvalue weighted by atomic mass is 10.0. The van der Waals surface area contributed by atoms with Crippen molar-refractivity contribution in [3.05, 3.63) is 34.6 Å². The summed E-state index contributed by atoms with van der Waals surface area (Å²) in [6.45, 7) is 3.36. The highest BCUT2D eigenvalue weighted by Gasteiger charge is 2.13. The van der Waals surface area contributed by atoms with Gasteiger partial charge in [-0.2, -0.15) is 4.99 Å². The second-order valence-corrected chi connectivity index (χ2v) is 4.85. The van der Waals surface area contributed by atoms with Gasteiger partial charge in [-0.3, -0.25) is 10.4 Å². The molecule has 0 aliphatic carbocycles. The molecule has 2 heterocycles. The zero-order valence-electron chi connectivity index (χ0n) is 11.5. The maximum Gasteiger partial charge on any atom is 0.223 e. The third kappa shape index (κ3) is 3.43. The Morgan fingerprint density at radius 1 is 1.55 bits per heavy atom. The number of hydrogen-bond acceptors (Lipinski definition) is 4. The van der Waals surface area contributed by atoms with Gasteiger partial charge in [0.05, 0.1) is 23.4 Å². The van der Waals surface area contributed by atoms with E-state index >= 15 is 0 Å². The SMILES string of the molecule is COC(=NC(C)=N)c1cnc(C2=CCNCC2)c(Cl)c1. The molecule has 2 N–H and O–H groups in total. The van der Waals surface area contributed by atoms with Gasteiger partial charge in [-0.15, -0.1) is 0 Å². The van der Waals surface area contributed by atoms with Crippen molar-refractivity contribution in [2.45, 2.75) is 13.3 Å². The molecule has 106 valence electrons. The highest BCUT2D eigenvalue weighted by Crippen LogP contribution is 2.26. The molecule has 0 atom stereocenters. The van der Waals surface area contributed by atoms with Crippen LogP contribution in [0.2, 0.25) is 5.02 Å². The van der Waals surface area contributed by atoms with Crippen LogP contribution in [0, 0.1) is 5.41 Å². The lowest BCUT2D eigenvalue weighted by Gasteiger charge is -2.15. The van der Waals surface area contributed by atoms with Crippen LogP contribution in [0.3, 0.4) is 0 Å². The van der Waals surface area contributed by atoms with Gasteiger partial charge in [-0.05, 0) is 31.5 Å². The molecule has 0 saturated carbocycles. The van der Waals surface area contributed by atoms with Crippen LogP contribution in [0.1, 0.15) is 24.6 Å². The summed E-state index contributed by atoms with van der Waals surface area (Å²) in [5.74, 6) is 0.515. The second-order valence-electron chi connectivity index (χ2n) is 4.44. The van der Waals surface area contributed by atoms with E-state index in [9.17, 15) is 0 Å². The summed E-state index contributed by atoms with van der Waals surface area (Å²) in [6, 6.07) is 1.78. The molecule has 0 fully saturated rings. The zero-order valence-corrected chi connectivity index (χ0v) is 12.3. The normalized spacial score (nSPS) is 15.8. The quantitative estimate of drug-likeness (QED) is 0.650. The summed E-state index contributed by atoms with van der Waals surface area (Å²) < 4.78 is 5.17. The second kappa shape index (κ2) is 6.63. The van der Waals surface area contributed by atoms with Crippen molar-refractivity contribution in [3.8, 4) is 0 Å². The van der Waals surface area contributed by atoms with E-state index in [2.05, 4.69) is 21.4 Å². The van der Waals surface area contributed by atoms with Gasteiger partial charge in [0.1, 0.15) is 5.84 Å². The molecular formula is C14H17ClN4O. The van der Waals surface area contributed by atoms with Gasteiger partial charge in [0.25, 0.3) is 0 Å². The van der Waals surface area contributed by atoms with E-state index in [0.29, 0.717) is 16.5 Å². The maximum absolute atomic E-state index is 7.40. The predicted molar refractivity (Wildman–Crippen MR) is 81.7 cm³/mol. The number of pyridine rings is 1. The van der Waals surface area contributed by atoms with Gasteiger partial charge < -0.3 is 10.1 Å². The highest BCUT2D eigenvalue weighted by atomic mass is 35.5. The minimum absolute atomic E-state index is 0.170. The molecule has 0 spiro atoms. The zero-order chi connectivity index (χ0) is 14.5. The van der Waals surface area contributed by atoms with Crippen molar-refractivity contribution in [1.29, 1.82) is 5.41 Å². The number of aliphatic imine (C=N–C) groups is 1. The fourth-order valence-corrected chi connectivity index (χ4v) is 2.30. The largest absolute Gasteiger partial charge is 0.480 e. The minimum Gasteiger partial charge on any atom is -0.480 e. The van der Waals surface area contributed by atoms with Crippen molar-refractivity contribution in [1.82, 2.24) is 10.3 Å². The van der Waals surface area contributed by atoms with Gasteiger partial charge in [0.2, 0.25) is 5.90 Å². The standard InChI is InChI=1S/C14H17ClN4O/c1-9(16)19-14(20-2)11-7-12(15)13(18-8-11)10-3-5-17-6-4-10/h3,7-8,16-17H,4-6H2,1-2H3. The minimum atomic E-state index is 0.170. The van der Waals surface area contributed by atoms with Crippen molar-refractivity contribution < 1.29 is 4.74 Å². The van der Waals surface area contributed by atoms with E-state index < -0.39 is 0 Å². The van der Waals surface area contributed by atoms with Crippen molar-refractivity contribution >= 4 is 28.9 Å². The summed E-state index contributed by atoms with van der Waals surface area (Å²) in [4.78, 5) is 8.42. The Hall–Kier alpha value is -1.72. The average molecular weight is 293 g/mol. The number of aromatic nitrogens is 1. The molecule has 1 aromatic heterocycles. The van der Waals surface area contributed by atoms with Crippen LogP contribution < -0.4 is 5.32 Å². The molecule has 0 bridgehead atoms. The van der Waals surface area contributed by atoms with E-state index in [1.807, 2.05) is 0 Å². The Balaban J connectivity index is 2.34. The number of rotatable bonds is 2. The Morgan fingerprint density at radius 2 is 2.35 bits per heavy atom. The first-order chi connectivity index (χ1) is 9.61. The highest BCUT2D eigenvalue weighted by molar-refractivity contribution is 6.32. The summed E-state index contributed by atoms with van der Waals surface area (Å²) in [6.07, 6.45) is 4.69. The van der Waals surface area contributed by atoms with E-state index in [1.165, 1.54) is 7.11 Å². The van der Waals surface area contributed by atoms with Crippen LogP contribution in [-0.4, -0.2) is 36.9 Å². The lowest BCUT2D eigenvalue weighted by molar-refractivity contribution is 0.405. The number of methoxy groups -OCH3 is 1. The van der Waals surface area contributed by atoms with Crippen molar-refractivity contribution in [2.24, 2.45) is 4.99 Å². The summed E-state index contributed by atoms with van der Waals surface area (Å²) in [5.41, 5.74) is 2.63. The summed E-state index contributed by atoms with van der Waals surface area (Å²) in [5, 5.41) is 11.2. The maximum atomic E-state index is 7.40. The van der Waals surface area contributed by atoms with E-state index in [-0.39, 0.29) is 5.84 Å². The molecular weight excluding hydrogens is 276 g/mol. The molecule has 1 aliphatic rings. The molecule has 0 amide bonds. The van der Waals surface area contributed by atoms with Gasteiger partial charge in [-0.25, -0.2) is 0 Å². The third-order valence-electron chi connectivity index (χ3n) is 2.92. The molecule has 6 heteroatoms. The fraction of sp³-hybridized carbons (Fsp3) is 0.357. The molecule has 0 unspecified atom stereocenters. The number of halogens is 1. The molecule has 0 saturated heterocycles. The Kier molecular flexibility index (Phi) is 4.87. The van der Waals surface area contributed by atoms with Gasteiger partial charge >= 0.3 is 0 Å². The van der Waals surface area contributed by atoms with Gasteiger partial charge in [0, 0.05) is 12.7 Å². The Labute approximate surface area is 123 Å². The predicted octanol–water partition coefficient (Wildman–Crippen LogP) is 2.50. The monoisotopic (exact) mass is 292 g/mol. The van der Waals surface area contributed by atoms with E-state index in [0.717, 1.165) is 30.8 Å². The molecule has 2 rings (SSSR count). The average Bonchev–Trinajstić information content (AvgIpc) is 2.45. The van der Waals surface area contributed by atoms with Crippen LogP contribution in [0.4, 0.5) is 0 Å². The van der Waals surface area contributed by atoms with Gasteiger partial charge in [-0.1, -0.05) is 17.7 Å². The smallest absolute Gasteiger partial charge is 0.223 e. The summed E-state index contributed by atoms with van der Waals surface area (Å²) in [7, 11) is 1.51. The molecule has 0 radical (unpaired) electrons. The molecule has 5 nitrogen and oxygen atoms in total. The topological polar surface area (TPSA) is 70.4 Å². The van der Waals surface area contributed by atoms with E-state index in [4.69, 9.17) is 21.7 Å². The van der Waals surface area contributed by atoms with Crippen molar-refractivity contribution in [2.75, 3.05) is 20.2 Å². The number of ether oxygens (including phenoxy) is 1. The molecule has 0 aromatic carbocycles.